The van der Waals surface area contributed by atoms with Crippen molar-refractivity contribution in [2.24, 2.45) is 0 Å². The fraction of sp³-hybridized carbons (Fsp3) is 0.364. The summed E-state index contributed by atoms with van der Waals surface area (Å²) in [6, 6.07) is 15.2. The highest BCUT2D eigenvalue weighted by atomic mass is 16.5. The summed E-state index contributed by atoms with van der Waals surface area (Å²) in [5.41, 5.74) is 2.62. The molecule has 1 aliphatic heterocycles. The van der Waals surface area contributed by atoms with E-state index in [4.69, 9.17) is 4.74 Å². The molecule has 7 nitrogen and oxygen atoms in total. The summed E-state index contributed by atoms with van der Waals surface area (Å²) in [6.45, 7) is 5.53. The molecular formula is C22H28N4O3. The molecule has 0 bridgehead atoms. The van der Waals surface area contributed by atoms with Gasteiger partial charge in [-0.2, -0.15) is 0 Å². The molecule has 2 aromatic rings. The summed E-state index contributed by atoms with van der Waals surface area (Å²) < 4.78 is 5.19. The molecular weight excluding hydrogens is 368 g/mol. The first-order chi connectivity index (χ1) is 14.0. The van der Waals surface area contributed by atoms with E-state index in [0.717, 1.165) is 31.8 Å². The molecule has 154 valence electrons. The minimum absolute atomic E-state index is 0.111. The fourth-order valence-electron chi connectivity index (χ4n) is 3.33. The first kappa shape index (κ1) is 20.7. The van der Waals surface area contributed by atoms with E-state index in [1.807, 2.05) is 23.1 Å². The van der Waals surface area contributed by atoms with E-state index < -0.39 is 0 Å². The van der Waals surface area contributed by atoms with Crippen LogP contribution in [0.5, 0.6) is 5.75 Å². The van der Waals surface area contributed by atoms with Gasteiger partial charge in [0.05, 0.1) is 7.11 Å². The van der Waals surface area contributed by atoms with Gasteiger partial charge in [0.1, 0.15) is 5.75 Å². The highest BCUT2D eigenvalue weighted by Crippen LogP contribution is 2.16. The van der Waals surface area contributed by atoms with Gasteiger partial charge in [0.15, 0.2) is 0 Å². The van der Waals surface area contributed by atoms with Crippen LogP contribution >= 0.6 is 0 Å². The maximum Gasteiger partial charge on any atom is 0.321 e. The van der Waals surface area contributed by atoms with E-state index in [-0.39, 0.29) is 11.9 Å². The van der Waals surface area contributed by atoms with E-state index in [1.165, 1.54) is 12.5 Å². The van der Waals surface area contributed by atoms with Crippen molar-refractivity contribution in [3.05, 3.63) is 54.1 Å². The quantitative estimate of drug-likeness (QED) is 0.787. The summed E-state index contributed by atoms with van der Waals surface area (Å²) in [4.78, 5) is 27.9. The van der Waals surface area contributed by atoms with Crippen molar-refractivity contribution in [3.63, 3.8) is 0 Å². The van der Waals surface area contributed by atoms with Crippen molar-refractivity contribution in [3.8, 4) is 5.75 Å². The molecule has 29 heavy (non-hydrogen) atoms. The van der Waals surface area contributed by atoms with Gasteiger partial charge in [-0.3, -0.25) is 9.69 Å². The molecule has 2 aromatic carbocycles. The van der Waals surface area contributed by atoms with E-state index >= 15 is 0 Å². The van der Waals surface area contributed by atoms with E-state index in [9.17, 15) is 9.59 Å². The largest absolute Gasteiger partial charge is 0.497 e. The van der Waals surface area contributed by atoms with Gasteiger partial charge >= 0.3 is 6.03 Å². The highest BCUT2D eigenvalue weighted by Gasteiger charge is 2.21. The highest BCUT2D eigenvalue weighted by molar-refractivity contribution is 5.92. The Morgan fingerprint density at radius 2 is 1.62 bits per heavy atom. The molecule has 0 aromatic heterocycles. The fourth-order valence-corrected chi connectivity index (χ4v) is 3.33. The Balaban J connectivity index is 1.43. The van der Waals surface area contributed by atoms with Crippen LogP contribution in [0.4, 0.5) is 16.2 Å². The molecule has 1 heterocycles. The maximum atomic E-state index is 12.5. The van der Waals surface area contributed by atoms with Crippen LogP contribution in [0, 0.1) is 0 Å². The van der Waals surface area contributed by atoms with Crippen molar-refractivity contribution >= 4 is 23.3 Å². The molecule has 1 fully saturated rings. The van der Waals surface area contributed by atoms with Gasteiger partial charge < -0.3 is 20.3 Å². The number of methoxy groups -OCH3 is 1. The zero-order valence-electron chi connectivity index (χ0n) is 17.0. The number of hydrogen-bond acceptors (Lipinski definition) is 4. The monoisotopic (exact) mass is 396 g/mol. The maximum absolute atomic E-state index is 12.5. The summed E-state index contributed by atoms with van der Waals surface area (Å²) in [7, 11) is 1.67. The molecule has 0 aliphatic carbocycles. The van der Waals surface area contributed by atoms with Crippen molar-refractivity contribution in [2.45, 2.75) is 13.3 Å². The van der Waals surface area contributed by atoms with Crippen LogP contribution in [-0.2, 0) is 11.2 Å². The summed E-state index contributed by atoms with van der Waals surface area (Å²) in [5.74, 6) is 0.732. The lowest BCUT2D eigenvalue weighted by Gasteiger charge is -2.34. The molecule has 0 radical (unpaired) electrons. The molecule has 0 unspecified atom stereocenters. The van der Waals surface area contributed by atoms with Gasteiger partial charge in [0.25, 0.3) is 0 Å². The lowest BCUT2D eigenvalue weighted by atomic mass is 10.1. The van der Waals surface area contributed by atoms with Gasteiger partial charge in [0.2, 0.25) is 5.91 Å². The average molecular weight is 396 g/mol. The summed E-state index contributed by atoms with van der Waals surface area (Å²) in [5, 5.41) is 5.63. The van der Waals surface area contributed by atoms with Crippen molar-refractivity contribution < 1.29 is 14.3 Å². The van der Waals surface area contributed by atoms with Gasteiger partial charge in [0, 0.05) is 51.0 Å². The van der Waals surface area contributed by atoms with Gasteiger partial charge in [-0.15, -0.1) is 0 Å². The van der Waals surface area contributed by atoms with Crippen LogP contribution in [0.2, 0.25) is 0 Å². The predicted octanol–water partition coefficient (Wildman–Crippen LogP) is 3.05. The Morgan fingerprint density at radius 3 is 2.24 bits per heavy atom. The zero-order chi connectivity index (χ0) is 20.6. The van der Waals surface area contributed by atoms with Crippen LogP contribution in [0.25, 0.3) is 0 Å². The number of rotatable bonds is 6. The molecule has 2 N–H and O–H groups in total. The second-order valence-corrected chi connectivity index (χ2v) is 7.12. The lowest BCUT2D eigenvalue weighted by Crippen LogP contribution is -2.50. The number of nitrogens with zero attached hydrogens (tertiary/aromatic N) is 2. The molecule has 0 atom stereocenters. The second kappa shape index (κ2) is 9.93. The second-order valence-electron chi connectivity index (χ2n) is 7.12. The number of nitrogens with one attached hydrogen (secondary N) is 2. The normalized spacial score (nSPS) is 14.3. The van der Waals surface area contributed by atoms with Crippen molar-refractivity contribution in [1.82, 2.24) is 9.80 Å². The van der Waals surface area contributed by atoms with Crippen LogP contribution in [-0.4, -0.2) is 61.6 Å². The number of ether oxygens (including phenoxy) is 1. The molecule has 1 aliphatic rings. The van der Waals surface area contributed by atoms with Crippen molar-refractivity contribution in [2.75, 3.05) is 50.5 Å². The topological polar surface area (TPSA) is 73.9 Å². The predicted molar refractivity (Wildman–Crippen MR) is 114 cm³/mol. The van der Waals surface area contributed by atoms with Crippen molar-refractivity contribution in [1.29, 1.82) is 0 Å². The first-order valence-corrected chi connectivity index (χ1v) is 9.82. The number of amides is 3. The molecule has 7 heteroatoms. The standard InChI is InChI=1S/C22H28N4O3/c1-17(27)23-19-4-3-5-20(16-19)24-22(28)26-14-12-25(13-15-26)11-10-18-6-8-21(29-2)9-7-18/h3-9,16H,10-15H2,1-2H3,(H,23,27)(H,24,28). The molecule has 0 spiro atoms. The number of anilines is 2. The first-order valence-electron chi connectivity index (χ1n) is 9.82. The van der Waals surface area contributed by atoms with Gasteiger partial charge in [-0.05, 0) is 42.3 Å². The number of hydrogen-bond donors (Lipinski definition) is 2. The lowest BCUT2D eigenvalue weighted by molar-refractivity contribution is -0.114. The molecule has 3 amide bonds. The Bertz CT molecular complexity index is 830. The smallest absolute Gasteiger partial charge is 0.321 e. The van der Waals surface area contributed by atoms with Crippen LogP contribution in [0.15, 0.2) is 48.5 Å². The third-order valence-electron chi connectivity index (χ3n) is 4.97. The molecule has 3 rings (SSSR count). The number of piperazine rings is 1. The Hall–Kier alpha value is -3.06. The Kier molecular flexibility index (Phi) is 7.08. The van der Waals surface area contributed by atoms with E-state index in [1.54, 1.807) is 25.3 Å². The van der Waals surface area contributed by atoms with Crippen LogP contribution in [0.3, 0.4) is 0 Å². The minimum Gasteiger partial charge on any atom is -0.497 e. The van der Waals surface area contributed by atoms with Crippen LogP contribution < -0.4 is 15.4 Å². The van der Waals surface area contributed by atoms with Crippen LogP contribution in [0.1, 0.15) is 12.5 Å². The third kappa shape index (κ3) is 6.22. The number of urea groups is 1. The number of benzene rings is 2. The zero-order valence-corrected chi connectivity index (χ0v) is 17.0. The van der Waals surface area contributed by atoms with E-state index in [0.29, 0.717) is 24.5 Å². The summed E-state index contributed by atoms with van der Waals surface area (Å²) in [6.07, 6.45) is 0.978. The minimum atomic E-state index is -0.140. The van der Waals surface area contributed by atoms with Gasteiger partial charge in [-0.1, -0.05) is 18.2 Å². The number of carbonyl (C=O) groups excluding carboxylic acids is 2. The average Bonchev–Trinajstić information content (AvgIpc) is 2.73. The number of carbonyl (C=O) groups is 2. The molecule has 0 saturated carbocycles. The Morgan fingerprint density at radius 1 is 0.966 bits per heavy atom. The molecule has 1 saturated heterocycles. The third-order valence-corrected chi connectivity index (χ3v) is 4.97. The summed E-state index contributed by atoms with van der Waals surface area (Å²) >= 11 is 0. The van der Waals surface area contributed by atoms with E-state index in [2.05, 4.69) is 27.7 Å². The SMILES string of the molecule is COc1ccc(CCN2CCN(C(=O)Nc3cccc(NC(C)=O)c3)CC2)cc1. The Labute approximate surface area is 171 Å². The van der Waals surface area contributed by atoms with Gasteiger partial charge in [-0.25, -0.2) is 4.79 Å².